The van der Waals surface area contributed by atoms with Crippen LogP contribution in [0.2, 0.25) is 0 Å². The van der Waals surface area contributed by atoms with E-state index in [4.69, 9.17) is 9.84 Å². The number of hydrogen-bond donors (Lipinski definition) is 3. The zero-order valence-corrected chi connectivity index (χ0v) is 21.6. The maximum Gasteiger partial charge on any atom is 0.407 e. The lowest BCUT2D eigenvalue weighted by molar-refractivity contribution is -0.137. The summed E-state index contributed by atoms with van der Waals surface area (Å²) in [5.41, 5.74) is 4.84. The summed E-state index contributed by atoms with van der Waals surface area (Å²) >= 11 is 6.72. The van der Waals surface area contributed by atoms with Crippen LogP contribution >= 0.6 is 31.9 Å². The normalized spacial score (nSPS) is 12.9. The molecule has 2 amide bonds. The Morgan fingerprint density at radius 2 is 1.57 bits per heavy atom. The molecule has 0 bridgehead atoms. The highest BCUT2D eigenvalue weighted by molar-refractivity contribution is 9.11. The summed E-state index contributed by atoms with van der Waals surface area (Å²) in [4.78, 5) is 36.7. The monoisotopic (exact) mass is 600 g/mol. The Bertz CT molecular complexity index is 1230. The number of hydrogen-bond acceptors (Lipinski definition) is 4. The van der Waals surface area contributed by atoms with E-state index in [0.717, 1.165) is 26.7 Å². The molecule has 3 aromatic carbocycles. The molecular weight excluding hydrogens is 580 g/mol. The van der Waals surface area contributed by atoms with E-state index >= 15 is 0 Å². The van der Waals surface area contributed by atoms with Gasteiger partial charge in [-0.3, -0.25) is 9.59 Å². The van der Waals surface area contributed by atoms with E-state index in [0.29, 0.717) is 10.2 Å². The fourth-order valence-corrected chi connectivity index (χ4v) is 4.84. The van der Waals surface area contributed by atoms with E-state index < -0.39 is 24.0 Å². The van der Waals surface area contributed by atoms with Gasteiger partial charge in [-0.2, -0.15) is 0 Å². The maximum absolute atomic E-state index is 12.9. The third kappa shape index (κ3) is 5.91. The van der Waals surface area contributed by atoms with Crippen LogP contribution in [-0.4, -0.2) is 35.7 Å². The number of halogens is 2. The van der Waals surface area contributed by atoms with Crippen molar-refractivity contribution in [1.82, 2.24) is 5.32 Å². The standard InChI is InChI=1S/C26H22Br2N2O5/c27-15-9-10-21(28)23(13-15)29-25(33)22(11-12-24(31)32)30-26(34)35-14-20-18-7-3-1-5-16(18)17-6-2-4-8-19(17)20/h1-10,13,20,22H,11-12,14H2,(H,29,33)(H,30,34)(H,31,32). The number of aliphatic carboxylic acids is 1. The highest BCUT2D eigenvalue weighted by Crippen LogP contribution is 2.44. The van der Waals surface area contributed by atoms with Crippen LogP contribution in [0.25, 0.3) is 11.1 Å². The van der Waals surface area contributed by atoms with Gasteiger partial charge in [-0.1, -0.05) is 64.5 Å². The zero-order valence-electron chi connectivity index (χ0n) is 18.5. The topological polar surface area (TPSA) is 105 Å². The van der Waals surface area contributed by atoms with Gasteiger partial charge < -0.3 is 20.5 Å². The summed E-state index contributed by atoms with van der Waals surface area (Å²) in [6.07, 6.45) is -1.16. The second kappa shape index (κ2) is 11.0. The van der Waals surface area contributed by atoms with Crippen molar-refractivity contribution in [3.05, 3.63) is 86.8 Å². The number of carboxylic acid groups (broad SMARTS) is 1. The lowest BCUT2D eigenvalue weighted by Crippen LogP contribution is -2.44. The van der Waals surface area contributed by atoms with Crippen molar-refractivity contribution in [2.75, 3.05) is 11.9 Å². The molecule has 7 nitrogen and oxygen atoms in total. The smallest absolute Gasteiger partial charge is 0.407 e. The van der Waals surface area contributed by atoms with Crippen LogP contribution in [0.1, 0.15) is 29.9 Å². The Hall–Kier alpha value is -3.17. The van der Waals surface area contributed by atoms with Gasteiger partial charge in [0, 0.05) is 21.3 Å². The average molecular weight is 602 g/mol. The van der Waals surface area contributed by atoms with Gasteiger partial charge in [0.2, 0.25) is 5.91 Å². The maximum atomic E-state index is 12.9. The van der Waals surface area contributed by atoms with Crippen LogP contribution in [0.4, 0.5) is 10.5 Å². The van der Waals surface area contributed by atoms with Crippen molar-refractivity contribution in [1.29, 1.82) is 0 Å². The number of fused-ring (bicyclic) bond motifs is 3. The van der Waals surface area contributed by atoms with E-state index in [1.165, 1.54) is 0 Å². The van der Waals surface area contributed by atoms with Gasteiger partial charge in [-0.05, 0) is 62.8 Å². The van der Waals surface area contributed by atoms with Gasteiger partial charge in [-0.15, -0.1) is 0 Å². The van der Waals surface area contributed by atoms with Crippen LogP contribution in [0.5, 0.6) is 0 Å². The van der Waals surface area contributed by atoms with E-state index in [2.05, 4.69) is 42.5 Å². The molecule has 1 unspecified atom stereocenters. The van der Waals surface area contributed by atoms with Crippen LogP contribution < -0.4 is 10.6 Å². The van der Waals surface area contributed by atoms with Crippen LogP contribution in [0.3, 0.4) is 0 Å². The molecule has 1 atom stereocenters. The minimum absolute atomic E-state index is 0.0863. The molecule has 0 spiro atoms. The van der Waals surface area contributed by atoms with Crippen LogP contribution in [0, 0.1) is 0 Å². The second-order valence-electron chi connectivity index (χ2n) is 8.07. The molecule has 0 fully saturated rings. The minimum atomic E-state index is -1.09. The predicted molar refractivity (Wildman–Crippen MR) is 139 cm³/mol. The summed E-state index contributed by atoms with van der Waals surface area (Å²) in [5, 5.41) is 14.4. The molecule has 0 saturated carbocycles. The third-order valence-electron chi connectivity index (χ3n) is 5.79. The first-order valence-corrected chi connectivity index (χ1v) is 12.5. The van der Waals surface area contributed by atoms with Crippen LogP contribution in [0.15, 0.2) is 75.7 Å². The predicted octanol–water partition coefficient (Wildman–Crippen LogP) is 5.92. The highest BCUT2D eigenvalue weighted by Gasteiger charge is 2.30. The van der Waals surface area contributed by atoms with Crippen LogP contribution in [-0.2, 0) is 14.3 Å². The number of rotatable bonds is 8. The van der Waals surface area contributed by atoms with Gasteiger partial charge in [0.05, 0.1) is 5.69 Å². The molecule has 180 valence electrons. The Kier molecular flexibility index (Phi) is 7.87. The molecule has 0 aromatic heterocycles. The number of alkyl carbamates (subject to hydrolysis) is 1. The first-order valence-electron chi connectivity index (χ1n) is 10.9. The molecule has 0 radical (unpaired) electrons. The van der Waals surface area contributed by atoms with Gasteiger partial charge in [0.15, 0.2) is 0 Å². The van der Waals surface area contributed by atoms with Crippen molar-refractivity contribution in [3.63, 3.8) is 0 Å². The van der Waals surface area contributed by atoms with Gasteiger partial charge in [0.25, 0.3) is 0 Å². The summed E-state index contributed by atoms with van der Waals surface area (Å²) in [6.45, 7) is 0.0876. The van der Waals surface area contributed by atoms with Crippen molar-refractivity contribution < 1.29 is 24.2 Å². The van der Waals surface area contributed by atoms with Crippen molar-refractivity contribution in [3.8, 4) is 11.1 Å². The molecule has 3 aromatic rings. The van der Waals surface area contributed by atoms with Gasteiger partial charge in [-0.25, -0.2) is 4.79 Å². The number of carboxylic acids is 1. The Labute approximate surface area is 219 Å². The summed E-state index contributed by atoms with van der Waals surface area (Å²) in [6, 6.07) is 20.1. The fourth-order valence-electron chi connectivity index (χ4n) is 4.13. The summed E-state index contributed by atoms with van der Waals surface area (Å²) < 4.78 is 6.92. The molecule has 0 saturated heterocycles. The number of carbonyl (C=O) groups is 3. The first-order chi connectivity index (χ1) is 16.8. The quantitative estimate of drug-likeness (QED) is 0.297. The second-order valence-corrected chi connectivity index (χ2v) is 9.84. The molecule has 35 heavy (non-hydrogen) atoms. The van der Waals surface area contributed by atoms with E-state index in [-0.39, 0.29) is 25.4 Å². The van der Waals surface area contributed by atoms with Crippen molar-refractivity contribution >= 4 is 55.5 Å². The van der Waals surface area contributed by atoms with E-state index in [1.54, 1.807) is 18.2 Å². The average Bonchev–Trinajstić information content (AvgIpc) is 3.16. The molecule has 9 heteroatoms. The Morgan fingerprint density at radius 1 is 0.943 bits per heavy atom. The molecular formula is C26H22Br2N2O5. The fraction of sp³-hybridized carbons (Fsp3) is 0.192. The summed E-state index contributed by atoms with van der Waals surface area (Å²) in [7, 11) is 0. The minimum Gasteiger partial charge on any atom is -0.481 e. The van der Waals surface area contributed by atoms with Gasteiger partial charge in [0.1, 0.15) is 12.6 Å². The lowest BCUT2D eigenvalue weighted by atomic mass is 9.98. The van der Waals surface area contributed by atoms with E-state index in [9.17, 15) is 14.4 Å². The SMILES string of the molecule is O=C(O)CCC(NC(=O)OCC1c2ccccc2-c2ccccc21)C(=O)Nc1cc(Br)ccc1Br. The molecule has 3 N–H and O–H groups in total. The van der Waals surface area contributed by atoms with E-state index in [1.807, 2.05) is 48.5 Å². The summed E-state index contributed by atoms with van der Waals surface area (Å²) in [5.74, 6) is -1.74. The Balaban J connectivity index is 1.44. The molecule has 1 aliphatic rings. The van der Waals surface area contributed by atoms with Crippen molar-refractivity contribution in [2.24, 2.45) is 0 Å². The van der Waals surface area contributed by atoms with Crippen molar-refractivity contribution in [2.45, 2.75) is 24.8 Å². The Morgan fingerprint density at radius 3 is 2.20 bits per heavy atom. The first kappa shape index (κ1) is 24.9. The number of benzene rings is 3. The highest BCUT2D eigenvalue weighted by atomic mass is 79.9. The largest absolute Gasteiger partial charge is 0.481 e. The number of nitrogens with one attached hydrogen (secondary N) is 2. The lowest BCUT2D eigenvalue weighted by Gasteiger charge is -2.20. The molecule has 0 aliphatic heterocycles. The number of carbonyl (C=O) groups excluding carboxylic acids is 2. The number of anilines is 1. The third-order valence-corrected chi connectivity index (χ3v) is 6.97. The number of ether oxygens (including phenoxy) is 1. The number of amides is 2. The molecule has 1 aliphatic carbocycles. The van der Waals surface area contributed by atoms with Gasteiger partial charge >= 0.3 is 12.1 Å². The molecule has 4 rings (SSSR count). The molecule has 0 heterocycles. The zero-order chi connectivity index (χ0) is 24.9.